The van der Waals surface area contributed by atoms with E-state index in [-0.39, 0.29) is 24.9 Å². The summed E-state index contributed by atoms with van der Waals surface area (Å²) in [6.07, 6.45) is 1.62. The molecule has 2 saturated heterocycles. The minimum absolute atomic E-state index is 0.130. The van der Waals surface area contributed by atoms with E-state index in [0.717, 1.165) is 6.20 Å². The number of alkyl halides is 2. The van der Waals surface area contributed by atoms with E-state index in [4.69, 9.17) is 0 Å². The maximum atomic E-state index is 13.4. The summed E-state index contributed by atoms with van der Waals surface area (Å²) in [5, 5.41) is 0. The van der Waals surface area contributed by atoms with Gasteiger partial charge in [-0.1, -0.05) is 6.92 Å². The smallest absolute Gasteiger partial charge is 0.252 e. The van der Waals surface area contributed by atoms with Crippen LogP contribution in [0, 0.1) is 11.2 Å². The fourth-order valence-corrected chi connectivity index (χ4v) is 3.73. The van der Waals surface area contributed by atoms with Gasteiger partial charge in [-0.05, 0) is 37.3 Å². The molecule has 2 aliphatic rings. The summed E-state index contributed by atoms with van der Waals surface area (Å²) in [5.41, 5.74) is -0.976. The van der Waals surface area contributed by atoms with Gasteiger partial charge in [0.15, 0.2) is 0 Å². The van der Waals surface area contributed by atoms with Gasteiger partial charge in [-0.25, -0.2) is 13.2 Å². The van der Waals surface area contributed by atoms with Crippen LogP contribution in [0.2, 0.25) is 0 Å². The van der Waals surface area contributed by atoms with Gasteiger partial charge in [0.1, 0.15) is 11.2 Å². The summed E-state index contributed by atoms with van der Waals surface area (Å²) in [4.78, 5) is 17.9. The quantitative estimate of drug-likeness (QED) is 0.857. The Morgan fingerprint density at radius 1 is 1.43 bits per heavy atom. The van der Waals surface area contributed by atoms with E-state index in [9.17, 15) is 18.0 Å². The third kappa shape index (κ3) is 2.03. The first-order chi connectivity index (χ1) is 9.99. The van der Waals surface area contributed by atoms with Crippen molar-refractivity contribution in [3.05, 3.63) is 29.8 Å². The lowest BCUT2D eigenvalue weighted by Crippen LogP contribution is -2.40. The molecule has 2 aliphatic heterocycles. The van der Waals surface area contributed by atoms with Gasteiger partial charge in [0, 0.05) is 12.2 Å². The van der Waals surface area contributed by atoms with Crippen molar-refractivity contribution in [2.24, 2.45) is 5.41 Å². The van der Waals surface area contributed by atoms with Gasteiger partial charge in [-0.15, -0.1) is 0 Å². The molecule has 1 aromatic heterocycles. The molecule has 2 fully saturated rings. The maximum absolute atomic E-state index is 13.4. The Morgan fingerprint density at radius 3 is 2.81 bits per heavy atom. The Labute approximate surface area is 121 Å². The molecule has 0 aliphatic carbocycles. The minimum Gasteiger partial charge on any atom is -0.332 e. The van der Waals surface area contributed by atoms with Crippen LogP contribution < -0.4 is 0 Å². The van der Waals surface area contributed by atoms with Crippen LogP contribution in [-0.2, 0) is 4.79 Å². The Hall–Kier alpha value is -1.59. The zero-order valence-electron chi connectivity index (χ0n) is 11.7. The molecule has 1 aromatic rings. The number of aromatic nitrogens is 1. The number of carbonyl (C=O) groups excluding carboxylic acids is 1. The molecule has 6 heteroatoms. The van der Waals surface area contributed by atoms with Crippen molar-refractivity contribution < 1.29 is 18.0 Å². The molecule has 0 N–H and O–H groups in total. The molecule has 0 aromatic carbocycles. The van der Waals surface area contributed by atoms with Crippen molar-refractivity contribution in [2.75, 3.05) is 0 Å². The van der Waals surface area contributed by atoms with Crippen molar-refractivity contribution >= 4 is 5.91 Å². The van der Waals surface area contributed by atoms with Crippen LogP contribution in [0.1, 0.15) is 44.2 Å². The summed E-state index contributed by atoms with van der Waals surface area (Å²) in [6, 6.07) is 0.833. The number of hydrogen-bond acceptors (Lipinski definition) is 2. The first kappa shape index (κ1) is 14.4. The summed E-state index contributed by atoms with van der Waals surface area (Å²) in [7, 11) is 0. The number of pyridine rings is 1. The van der Waals surface area contributed by atoms with Gasteiger partial charge >= 0.3 is 0 Å². The lowest BCUT2D eigenvalue weighted by Gasteiger charge is -2.29. The lowest BCUT2D eigenvalue weighted by molar-refractivity contribution is -0.146. The molecule has 114 valence electrons. The van der Waals surface area contributed by atoms with Crippen LogP contribution in [0.25, 0.3) is 0 Å². The normalized spacial score (nSPS) is 32.0. The zero-order chi connectivity index (χ0) is 15.2. The molecule has 1 amide bonds. The van der Waals surface area contributed by atoms with Crippen LogP contribution in [0.3, 0.4) is 0 Å². The van der Waals surface area contributed by atoms with Gasteiger partial charge in [0.2, 0.25) is 5.91 Å². The predicted molar refractivity (Wildman–Crippen MR) is 70.1 cm³/mol. The van der Waals surface area contributed by atoms with Crippen molar-refractivity contribution in [3.63, 3.8) is 0 Å². The minimum atomic E-state index is -2.66. The summed E-state index contributed by atoms with van der Waals surface area (Å²) in [5.74, 6) is -0.963. The second kappa shape index (κ2) is 5.00. The third-order valence-corrected chi connectivity index (χ3v) is 4.92. The number of hydrogen-bond donors (Lipinski definition) is 0. The van der Waals surface area contributed by atoms with E-state index < -0.39 is 23.6 Å². The Bertz CT molecular complexity index is 566. The van der Waals surface area contributed by atoms with E-state index >= 15 is 0 Å². The van der Waals surface area contributed by atoms with Gasteiger partial charge in [-0.2, -0.15) is 0 Å². The summed E-state index contributed by atoms with van der Waals surface area (Å²) < 4.78 is 40.2. The van der Waals surface area contributed by atoms with E-state index in [1.165, 1.54) is 12.3 Å². The Balaban J connectivity index is 1.94. The number of rotatable bonds is 3. The molecule has 0 saturated carbocycles. The summed E-state index contributed by atoms with van der Waals surface area (Å²) >= 11 is 0. The maximum Gasteiger partial charge on any atom is 0.252 e. The van der Waals surface area contributed by atoms with Gasteiger partial charge in [0.05, 0.1) is 12.2 Å². The van der Waals surface area contributed by atoms with Crippen LogP contribution in [0.5, 0.6) is 0 Å². The van der Waals surface area contributed by atoms with Gasteiger partial charge in [-0.3, -0.25) is 9.78 Å². The molecule has 0 spiro atoms. The molecule has 0 unspecified atom stereocenters. The van der Waals surface area contributed by atoms with Crippen molar-refractivity contribution in [1.82, 2.24) is 9.88 Å². The van der Waals surface area contributed by atoms with E-state index in [0.29, 0.717) is 18.4 Å². The van der Waals surface area contributed by atoms with Crippen LogP contribution in [0.4, 0.5) is 13.2 Å². The molecule has 3 heterocycles. The van der Waals surface area contributed by atoms with Crippen molar-refractivity contribution in [3.8, 4) is 0 Å². The van der Waals surface area contributed by atoms with Gasteiger partial charge in [0.25, 0.3) is 6.43 Å². The highest BCUT2D eigenvalue weighted by Gasteiger charge is 2.59. The van der Waals surface area contributed by atoms with Crippen LogP contribution >= 0.6 is 0 Å². The first-order valence-corrected chi connectivity index (χ1v) is 7.21. The van der Waals surface area contributed by atoms with E-state index in [1.807, 2.05) is 0 Å². The number of carbonyl (C=O) groups is 1. The number of fused-ring (bicyclic) bond motifs is 1. The third-order valence-electron chi connectivity index (χ3n) is 4.92. The van der Waals surface area contributed by atoms with Crippen molar-refractivity contribution in [1.29, 1.82) is 0 Å². The number of halogens is 3. The molecular weight excluding hydrogens is 281 g/mol. The predicted octanol–water partition coefficient (Wildman–Crippen LogP) is 3.32. The Morgan fingerprint density at radius 2 is 2.19 bits per heavy atom. The molecule has 0 radical (unpaired) electrons. The van der Waals surface area contributed by atoms with Gasteiger partial charge < -0.3 is 4.90 Å². The molecule has 3 nitrogen and oxygen atoms in total. The number of nitrogens with zero attached hydrogens (tertiary/aromatic N) is 2. The highest BCUT2D eigenvalue weighted by Crippen LogP contribution is 2.52. The molecular formula is C15H17F3N2O. The molecule has 3 rings (SSSR count). The highest BCUT2D eigenvalue weighted by atomic mass is 19.3. The number of amides is 1. The monoisotopic (exact) mass is 298 g/mol. The molecule has 3 atom stereocenters. The zero-order valence-corrected chi connectivity index (χ0v) is 11.7. The molecule has 0 bridgehead atoms. The van der Waals surface area contributed by atoms with Crippen molar-refractivity contribution in [2.45, 2.75) is 51.1 Å². The van der Waals surface area contributed by atoms with E-state index in [2.05, 4.69) is 4.98 Å². The SMILES string of the molecule is CC[C@@]1(C(F)F)C[C@@H]2CC[C@H](c3cncc(F)c3)N2C1=O. The average Bonchev–Trinajstić information content (AvgIpc) is 2.98. The summed E-state index contributed by atoms with van der Waals surface area (Å²) in [6.45, 7) is 1.63. The highest BCUT2D eigenvalue weighted by molar-refractivity contribution is 5.86. The first-order valence-electron chi connectivity index (χ1n) is 7.21. The van der Waals surface area contributed by atoms with Crippen LogP contribution in [-0.4, -0.2) is 28.3 Å². The second-order valence-electron chi connectivity index (χ2n) is 5.91. The second-order valence-corrected chi connectivity index (χ2v) is 5.91. The fourth-order valence-electron chi connectivity index (χ4n) is 3.73. The average molecular weight is 298 g/mol. The standard InChI is InChI=1S/C15H17F3N2O/c1-2-15(13(17)18)6-11-3-4-12(20(11)14(15)21)9-5-10(16)8-19-7-9/h5,7-8,11-13H,2-4,6H2,1H3/t11-,12+,15-/m0/s1. The lowest BCUT2D eigenvalue weighted by atomic mass is 9.81. The molecule has 21 heavy (non-hydrogen) atoms. The fraction of sp³-hybridized carbons (Fsp3) is 0.600. The Kier molecular flexibility index (Phi) is 3.42. The topological polar surface area (TPSA) is 33.2 Å². The van der Waals surface area contributed by atoms with E-state index in [1.54, 1.807) is 11.8 Å². The van der Waals surface area contributed by atoms with Crippen LogP contribution in [0.15, 0.2) is 18.5 Å². The largest absolute Gasteiger partial charge is 0.332 e.